The predicted octanol–water partition coefficient (Wildman–Crippen LogP) is 2.14. The lowest BCUT2D eigenvalue weighted by molar-refractivity contribution is 0.0870. The first kappa shape index (κ1) is 14.2. The standard InChI is InChI=1S/C15H24N2O2/c1-18-11-12-4-3-7-17(9-12)10-13-8-14(16)5-6-15(13)19-2/h5-6,8,12H,3-4,7,9-11,16H2,1-2H3. The maximum atomic E-state index is 5.87. The molecule has 1 unspecified atom stereocenters. The predicted molar refractivity (Wildman–Crippen MR) is 77.3 cm³/mol. The Kier molecular flexibility index (Phi) is 5.05. The fourth-order valence-corrected chi connectivity index (χ4v) is 2.83. The third-order valence-corrected chi connectivity index (χ3v) is 3.70. The summed E-state index contributed by atoms with van der Waals surface area (Å²) in [5, 5.41) is 0. The quantitative estimate of drug-likeness (QED) is 0.828. The molecule has 106 valence electrons. The summed E-state index contributed by atoms with van der Waals surface area (Å²) >= 11 is 0. The molecule has 0 amide bonds. The maximum absolute atomic E-state index is 5.87. The first-order valence-corrected chi connectivity index (χ1v) is 6.86. The first-order valence-electron chi connectivity index (χ1n) is 6.86. The fourth-order valence-electron chi connectivity index (χ4n) is 2.83. The van der Waals surface area contributed by atoms with Gasteiger partial charge in [0.05, 0.1) is 13.7 Å². The Balaban J connectivity index is 2.01. The Morgan fingerprint density at radius 2 is 2.21 bits per heavy atom. The molecule has 19 heavy (non-hydrogen) atoms. The molecule has 1 aliphatic rings. The highest BCUT2D eigenvalue weighted by Crippen LogP contribution is 2.25. The van der Waals surface area contributed by atoms with Crippen molar-refractivity contribution in [2.45, 2.75) is 19.4 Å². The summed E-state index contributed by atoms with van der Waals surface area (Å²) in [5.74, 6) is 1.56. The van der Waals surface area contributed by atoms with Crippen LogP contribution in [0.25, 0.3) is 0 Å². The summed E-state index contributed by atoms with van der Waals surface area (Å²) in [5.41, 5.74) is 7.83. The second-order valence-electron chi connectivity index (χ2n) is 5.27. The van der Waals surface area contributed by atoms with Gasteiger partial charge in [-0.3, -0.25) is 4.90 Å². The van der Waals surface area contributed by atoms with E-state index in [-0.39, 0.29) is 0 Å². The summed E-state index contributed by atoms with van der Waals surface area (Å²) in [6.07, 6.45) is 2.50. The van der Waals surface area contributed by atoms with E-state index in [0.29, 0.717) is 5.92 Å². The van der Waals surface area contributed by atoms with Gasteiger partial charge in [-0.15, -0.1) is 0 Å². The molecule has 1 atom stereocenters. The fraction of sp³-hybridized carbons (Fsp3) is 0.600. The van der Waals surface area contributed by atoms with E-state index >= 15 is 0 Å². The van der Waals surface area contributed by atoms with Crippen molar-refractivity contribution in [2.75, 3.05) is 39.6 Å². The molecule has 1 heterocycles. The molecule has 0 bridgehead atoms. The molecule has 1 fully saturated rings. The number of piperidine rings is 1. The number of hydrogen-bond donors (Lipinski definition) is 1. The SMILES string of the molecule is COCC1CCCN(Cc2cc(N)ccc2OC)C1. The highest BCUT2D eigenvalue weighted by Gasteiger charge is 2.20. The van der Waals surface area contributed by atoms with E-state index < -0.39 is 0 Å². The average molecular weight is 264 g/mol. The van der Waals surface area contributed by atoms with E-state index in [1.165, 1.54) is 18.4 Å². The molecule has 1 aromatic rings. The molecule has 0 aliphatic carbocycles. The summed E-state index contributed by atoms with van der Waals surface area (Å²) in [4.78, 5) is 2.46. The monoisotopic (exact) mass is 264 g/mol. The summed E-state index contributed by atoms with van der Waals surface area (Å²) in [6.45, 7) is 3.98. The van der Waals surface area contributed by atoms with E-state index in [4.69, 9.17) is 15.2 Å². The average Bonchev–Trinajstić information content (AvgIpc) is 2.40. The van der Waals surface area contributed by atoms with Gasteiger partial charge in [-0.05, 0) is 43.5 Å². The molecule has 1 saturated heterocycles. The van der Waals surface area contributed by atoms with Crippen molar-refractivity contribution in [2.24, 2.45) is 5.92 Å². The number of hydrogen-bond acceptors (Lipinski definition) is 4. The Morgan fingerprint density at radius 3 is 2.95 bits per heavy atom. The van der Waals surface area contributed by atoms with Crippen LogP contribution in [0.5, 0.6) is 5.75 Å². The molecule has 4 heteroatoms. The van der Waals surface area contributed by atoms with Crippen LogP contribution < -0.4 is 10.5 Å². The van der Waals surface area contributed by atoms with Gasteiger partial charge < -0.3 is 15.2 Å². The third-order valence-electron chi connectivity index (χ3n) is 3.70. The van der Waals surface area contributed by atoms with Crippen LogP contribution in [0.15, 0.2) is 18.2 Å². The maximum Gasteiger partial charge on any atom is 0.123 e. The van der Waals surface area contributed by atoms with Gasteiger partial charge in [0.25, 0.3) is 0 Å². The van der Waals surface area contributed by atoms with Crippen molar-refractivity contribution in [3.8, 4) is 5.75 Å². The summed E-state index contributed by atoms with van der Waals surface area (Å²) < 4.78 is 10.7. The van der Waals surface area contributed by atoms with Crippen LogP contribution in [0, 0.1) is 5.92 Å². The zero-order valence-corrected chi connectivity index (χ0v) is 11.9. The molecule has 4 nitrogen and oxygen atoms in total. The number of anilines is 1. The van der Waals surface area contributed by atoms with E-state index in [2.05, 4.69) is 4.90 Å². The van der Waals surface area contributed by atoms with Gasteiger partial charge >= 0.3 is 0 Å². The van der Waals surface area contributed by atoms with Crippen LogP contribution in [-0.4, -0.2) is 38.8 Å². The Hall–Kier alpha value is -1.26. The lowest BCUT2D eigenvalue weighted by atomic mass is 9.98. The second kappa shape index (κ2) is 6.78. The number of nitrogen functional groups attached to an aromatic ring is 1. The molecular formula is C15H24N2O2. The molecular weight excluding hydrogens is 240 g/mol. The van der Waals surface area contributed by atoms with Crippen LogP contribution in [0.1, 0.15) is 18.4 Å². The molecule has 0 saturated carbocycles. The molecule has 1 aliphatic heterocycles. The molecule has 2 rings (SSSR count). The van der Waals surface area contributed by atoms with Gasteiger partial charge in [-0.1, -0.05) is 0 Å². The minimum atomic E-state index is 0.644. The minimum absolute atomic E-state index is 0.644. The highest BCUT2D eigenvalue weighted by molar-refractivity contribution is 5.47. The van der Waals surface area contributed by atoms with Crippen LogP contribution in [0.3, 0.4) is 0 Å². The van der Waals surface area contributed by atoms with Crippen molar-refractivity contribution in [1.82, 2.24) is 4.90 Å². The van der Waals surface area contributed by atoms with E-state index in [1.807, 2.05) is 18.2 Å². The topological polar surface area (TPSA) is 47.7 Å². The van der Waals surface area contributed by atoms with Crippen LogP contribution in [0.4, 0.5) is 5.69 Å². The van der Waals surface area contributed by atoms with Crippen molar-refractivity contribution in [3.05, 3.63) is 23.8 Å². The number of rotatable bonds is 5. The molecule has 1 aromatic carbocycles. The van der Waals surface area contributed by atoms with Gasteiger partial charge in [0, 0.05) is 31.5 Å². The van der Waals surface area contributed by atoms with E-state index in [9.17, 15) is 0 Å². The zero-order valence-electron chi connectivity index (χ0n) is 11.9. The second-order valence-corrected chi connectivity index (χ2v) is 5.27. The van der Waals surface area contributed by atoms with E-state index in [0.717, 1.165) is 37.7 Å². The van der Waals surface area contributed by atoms with Crippen LogP contribution in [0.2, 0.25) is 0 Å². The number of ether oxygens (including phenoxy) is 2. The number of nitrogens with zero attached hydrogens (tertiary/aromatic N) is 1. The number of benzene rings is 1. The molecule has 2 N–H and O–H groups in total. The smallest absolute Gasteiger partial charge is 0.123 e. The third kappa shape index (κ3) is 3.85. The van der Waals surface area contributed by atoms with Crippen molar-refractivity contribution in [1.29, 1.82) is 0 Å². The van der Waals surface area contributed by atoms with Gasteiger partial charge in [0.15, 0.2) is 0 Å². The Morgan fingerprint density at radius 1 is 1.37 bits per heavy atom. The van der Waals surface area contributed by atoms with Gasteiger partial charge in [0.1, 0.15) is 5.75 Å². The molecule has 0 radical (unpaired) electrons. The first-order chi connectivity index (χ1) is 9.22. The van der Waals surface area contributed by atoms with Crippen molar-refractivity contribution >= 4 is 5.69 Å². The van der Waals surface area contributed by atoms with Crippen molar-refractivity contribution < 1.29 is 9.47 Å². The lowest BCUT2D eigenvalue weighted by Gasteiger charge is -2.32. The van der Waals surface area contributed by atoms with Crippen LogP contribution in [-0.2, 0) is 11.3 Å². The number of likely N-dealkylation sites (tertiary alicyclic amines) is 1. The van der Waals surface area contributed by atoms with E-state index in [1.54, 1.807) is 14.2 Å². The zero-order chi connectivity index (χ0) is 13.7. The normalized spacial score (nSPS) is 20.4. The number of methoxy groups -OCH3 is 2. The Labute approximate surface area is 115 Å². The van der Waals surface area contributed by atoms with Gasteiger partial charge in [-0.25, -0.2) is 0 Å². The molecule has 0 spiro atoms. The Bertz CT molecular complexity index is 407. The van der Waals surface area contributed by atoms with Gasteiger partial charge in [0.2, 0.25) is 0 Å². The van der Waals surface area contributed by atoms with Gasteiger partial charge in [-0.2, -0.15) is 0 Å². The highest BCUT2D eigenvalue weighted by atomic mass is 16.5. The van der Waals surface area contributed by atoms with Crippen molar-refractivity contribution in [3.63, 3.8) is 0 Å². The largest absolute Gasteiger partial charge is 0.496 e. The van der Waals surface area contributed by atoms with Crippen LogP contribution >= 0.6 is 0 Å². The minimum Gasteiger partial charge on any atom is -0.496 e. The lowest BCUT2D eigenvalue weighted by Crippen LogP contribution is -2.36. The molecule has 0 aromatic heterocycles. The number of nitrogens with two attached hydrogens (primary N) is 1. The summed E-state index contributed by atoms with van der Waals surface area (Å²) in [6, 6.07) is 5.84. The summed E-state index contributed by atoms with van der Waals surface area (Å²) in [7, 11) is 3.48.